The first-order chi connectivity index (χ1) is 13.7. The van der Waals surface area contributed by atoms with Gasteiger partial charge in [0, 0.05) is 30.9 Å². The molecule has 2 fully saturated rings. The van der Waals surface area contributed by atoms with E-state index in [-0.39, 0.29) is 11.7 Å². The molecule has 1 aliphatic carbocycles. The van der Waals surface area contributed by atoms with Crippen molar-refractivity contribution >= 4 is 11.6 Å². The topological polar surface area (TPSA) is 41.6 Å². The fourth-order valence-electron chi connectivity index (χ4n) is 4.43. The van der Waals surface area contributed by atoms with Crippen molar-refractivity contribution in [3.63, 3.8) is 0 Å². The van der Waals surface area contributed by atoms with Crippen molar-refractivity contribution in [3.8, 4) is 5.75 Å². The number of amides is 1. The third-order valence-corrected chi connectivity index (χ3v) is 5.91. The van der Waals surface area contributed by atoms with Crippen molar-refractivity contribution in [1.82, 2.24) is 4.90 Å². The number of ether oxygens (including phenoxy) is 1. The zero-order chi connectivity index (χ0) is 19.3. The highest BCUT2D eigenvalue weighted by atomic mass is 19.1. The summed E-state index contributed by atoms with van der Waals surface area (Å²) in [4.78, 5) is 14.7. The predicted octanol–water partition coefficient (Wildman–Crippen LogP) is 4.58. The first-order valence-electron chi connectivity index (χ1n) is 10.2. The fourth-order valence-corrected chi connectivity index (χ4v) is 4.43. The van der Waals surface area contributed by atoms with Gasteiger partial charge in [-0.25, -0.2) is 4.39 Å². The Bertz CT molecular complexity index is 779. The third kappa shape index (κ3) is 4.71. The highest BCUT2D eigenvalue weighted by Crippen LogP contribution is 2.37. The van der Waals surface area contributed by atoms with Crippen LogP contribution in [-0.4, -0.2) is 37.0 Å². The molecule has 1 N–H and O–H groups in total. The largest absolute Gasteiger partial charge is 0.494 e. The molecule has 1 aliphatic heterocycles. The van der Waals surface area contributed by atoms with Gasteiger partial charge in [-0.1, -0.05) is 6.42 Å². The van der Waals surface area contributed by atoms with E-state index in [1.165, 1.54) is 56.6 Å². The average Bonchev–Trinajstić information content (AvgIpc) is 3.29. The Morgan fingerprint density at radius 3 is 2.39 bits per heavy atom. The maximum absolute atomic E-state index is 12.9. The quantitative estimate of drug-likeness (QED) is 0.713. The Morgan fingerprint density at radius 2 is 1.71 bits per heavy atom. The van der Waals surface area contributed by atoms with E-state index in [2.05, 4.69) is 10.2 Å². The Balaban J connectivity index is 1.18. The molecule has 0 aromatic heterocycles. The monoisotopic (exact) mass is 382 g/mol. The van der Waals surface area contributed by atoms with Gasteiger partial charge in [-0.05, 0) is 79.6 Å². The molecule has 1 heterocycles. The molecule has 2 unspecified atom stereocenters. The summed E-state index contributed by atoms with van der Waals surface area (Å²) in [7, 11) is 0. The molecule has 4 rings (SSSR count). The molecule has 0 bridgehead atoms. The molecule has 2 aromatic carbocycles. The fraction of sp³-hybridized carbons (Fsp3) is 0.435. The lowest BCUT2D eigenvalue weighted by molar-refractivity contribution is 0.102. The predicted molar refractivity (Wildman–Crippen MR) is 108 cm³/mol. The van der Waals surface area contributed by atoms with Gasteiger partial charge in [-0.2, -0.15) is 0 Å². The number of benzene rings is 2. The number of rotatable bonds is 7. The van der Waals surface area contributed by atoms with Crippen LogP contribution in [0.1, 0.15) is 36.0 Å². The van der Waals surface area contributed by atoms with E-state index in [0.29, 0.717) is 17.9 Å². The molecule has 1 amide bonds. The number of nitrogens with one attached hydrogen (secondary N) is 1. The second kappa shape index (κ2) is 8.74. The van der Waals surface area contributed by atoms with Crippen LogP contribution in [0, 0.1) is 17.7 Å². The van der Waals surface area contributed by atoms with Crippen molar-refractivity contribution in [3.05, 3.63) is 59.9 Å². The Labute approximate surface area is 165 Å². The van der Waals surface area contributed by atoms with Crippen molar-refractivity contribution in [1.29, 1.82) is 0 Å². The summed E-state index contributed by atoms with van der Waals surface area (Å²) < 4.78 is 18.8. The van der Waals surface area contributed by atoms with Crippen LogP contribution >= 0.6 is 0 Å². The number of carbonyl (C=O) groups is 1. The number of hydrogen-bond acceptors (Lipinski definition) is 3. The smallest absolute Gasteiger partial charge is 0.255 e. The molecule has 4 nitrogen and oxygen atoms in total. The lowest BCUT2D eigenvalue weighted by Crippen LogP contribution is -2.24. The van der Waals surface area contributed by atoms with Gasteiger partial charge in [-0.15, -0.1) is 0 Å². The molecule has 5 heteroatoms. The van der Waals surface area contributed by atoms with E-state index in [9.17, 15) is 9.18 Å². The van der Waals surface area contributed by atoms with Gasteiger partial charge >= 0.3 is 0 Å². The number of anilines is 1. The Morgan fingerprint density at radius 1 is 1.04 bits per heavy atom. The summed E-state index contributed by atoms with van der Waals surface area (Å²) in [5, 5.41) is 2.80. The molecule has 0 radical (unpaired) electrons. The molecule has 1 saturated heterocycles. The Kier molecular flexibility index (Phi) is 5.91. The van der Waals surface area contributed by atoms with Crippen LogP contribution in [0.2, 0.25) is 0 Å². The molecule has 1 saturated carbocycles. The molecule has 2 aromatic rings. The molecular weight excluding hydrogens is 355 g/mol. The highest BCUT2D eigenvalue weighted by Gasteiger charge is 2.35. The van der Waals surface area contributed by atoms with Gasteiger partial charge in [-0.3, -0.25) is 4.79 Å². The minimum atomic E-state index is -0.356. The van der Waals surface area contributed by atoms with E-state index in [0.717, 1.165) is 30.6 Å². The van der Waals surface area contributed by atoms with Crippen molar-refractivity contribution in [2.45, 2.75) is 25.7 Å². The van der Waals surface area contributed by atoms with Gasteiger partial charge < -0.3 is 15.0 Å². The minimum absolute atomic E-state index is 0.260. The molecule has 2 aliphatic rings. The number of carbonyl (C=O) groups excluding carboxylic acids is 1. The molecule has 148 valence electrons. The second-order valence-electron chi connectivity index (χ2n) is 7.90. The van der Waals surface area contributed by atoms with E-state index in [1.807, 2.05) is 24.3 Å². The average molecular weight is 382 g/mol. The van der Waals surface area contributed by atoms with E-state index < -0.39 is 0 Å². The van der Waals surface area contributed by atoms with Gasteiger partial charge in [0.2, 0.25) is 0 Å². The molecule has 2 atom stereocenters. The van der Waals surface area contributed by atoms with Gasteiger partial charge in [0.1, 0.15) is 11.6 Å². The molecular formula is C23H27FN2O2. The summed E-state index contributed by atoms with van der Waals surface area (Å²) in [6.07, 6.45) is 5.29. The van der Waals surface area contributed by atoms with Crippen molar-refractivity contribution < 1.29 is 13.9 Å². The first-order valence-corrected chi connectivity index (χ1v) is 10.2. The second-order valence-corrected chi connectivity index (χ2v) is 7.90. The minimum Gasteiger partial charge on any atom is -0.494 e. The van der Waals surface area contributed by atoms with Gasteiger partial charge in [0.25, 0.3) is 5.91 Å². The van der Waals surface area contributed by atoms with Gasteiger partial charge in [0.15, 0.2) is 0 Å². The van der Waals surface area contributed by atoms with Crippen LogP contribution in [0.5, 0.6) is 5.75 Å². The Hall–Kier alpha value is -2.40. The van der Waals surface area contributed by atoms with Crippen LogP contribution in [0.25, 0.3) is 0 Å². The van der Waals surface area contributed by atoms with Crippen LogP contribution in [0.4, 0.5) is 10.1 Å². The summed E-state index contributed by atoms with van der Waals surface area (Å²) in [6.45, 7) is 4.35. The number of nitrogens with zero attached hydrogens (tertiary/aromatic N) is 1. The summed E-state index contributed by atoms with van der Waals surface area (Å²) in [5.74, 6) is 2.07. The lowest BCUT2D eigenvalue weighted by atomic mass is 10.0. The first kappa shape index (κ1) is 18.9. The maximum Gasteiger partial charge on any atom is 0.255 e. The maximum atomic E-state index is 12.9. The third-order valence-electron chi connectivity index (χ3n) is 5.91. The number of fused-ring (bicyclic) bond motifs is 1. The highest BCUT2D eigenvalue weighted by molar-refractivity contribution is 6.04. The summed E-state index contributed by atoms with van der Waals surface area (Å²) in [5.41, 5.74) is 1.11. The van der Waals surface area contributed by atoms with E-state index >= 15 is 0 Å². The number of likely N-dealkylation sites (tertiary alicyclic amines) is 1. The number of hydrogen-bond donors (Lipinski definition) is 1. The van der Waals surface area contributed by atoms with Crippen LogP contribution < -0.4 is 10.1 Å². The SMILES string of the molecule is O=C(Nc1ccc(OCCCN2CC3CCCC3C2)cc1)c1ccc(F)cc1. The van der Waals surface area contributed by atoms with Crippen LogP contribution in [-0.2, 0) is 0 Å². The standard InChI is InChI=1S/C23H27FN2O2/c24-20-7-5-17(6-8-20)23(27)25-21-9-11-22(12-10-21)28-14-2-13-26-15-18-3-1-4-19(18)16-26/h5-12,18-19H,1-4,13-16H2,(H,25,27). The summed E-state index contributed by atoms with van der Waals surface area (Å²) in [6, 6.07) is 12.9. The molecule has 28 heavy (non-hydrogen) atoms. The zero-order valence-corrected chi connectivity index (χ0v) is 16.1. The van der Waals surface area contributed by atoms with Crippen LogP contribution in [0.3, 0.4) is 0 Å². The molecule has 0 spiro atoms. The summed E-state index contributed by atoms with van der Waals surface area (Å²) >= 11 is 0. The normalized spacial score (nSPS) is 21.5. The number of halogens is 1. The van der Waals surface area contributed by atoms with E-state index in [4.69, 9.17) is 4.74 Å². The van der Waals surface area contributed by atoms with Crippen molar-refractivity contribution in [2.24, 2.45) is 11.8 Å². The van der Waals surface area contributed by atoms with E-state index in [1.54, 1.807) is 0 Å². The van der Waals surface area contributed by atoms with Crippen LogP contribution in [0.15, 0.2) is 48.5 Å². The lowest BCUT2D eigenvalue weighted by Gasteiger charge is -2.16. The van der Waals surface area contributed by atoms with Gasteiger partial charge in [0.05, 0.1) is 6.61 Å². The van der Waals surface area contributed by atoms with Crippen molar-refractivity contribution in [2.75, 3.05) is 31.6 Å². The zero-order valence-electron chi connectivity index (χ0n) is 16.1.